The van der Waals surface area contributed by atoms with Crippen molar-refractivity contribution in [1.29, 1.82) is 0 Å². The Morgan fingerprint density at radius 2 is 0.604 bits per heavy atom. The molecule has 0 saturated heterocycles. The van der Waals surface area contributed by atoms with Crippen LogP contribution in [-0.4, -0.2) is 57.2 Å². The molecule has 2 radical (unpaired) electrons. The molecule has 14 heteroatoms. The zero-order valence-corrected chi connectivity index (χ0v) is 38.2. The Kier molecular flexibility index (Phi) is 67.9. The van der Waals surface area contributed by atoms with Crippen molar-refractivity contribution >= 4 is 34.8 Å². The van der Waals surface area contributed by atoms with Gasteiger partial charge in [-0.1, -0.05) is 119 Å². The molecule has 2 aliphatic carbocycles. The van der Waals surface area contributed by atoms with Gasteiger partial charge in [0.2, 0.25) is 0 Å². The first kappa shape index (κ1) is 61.6. The minimum absolute atomic E-state index is 0. The van der Waals surface area contributed by atoms with Crippen LogP contribution < -0.4 is 0 Å². The average Bonchev–Trinajstić information content (AvgIpc) is 3.83. The normalized spacial score (nSPS) is 13.7. The molecule has 0 bridgehead atoms. The molecule has 0 aromatic heterocycles. The molecule has 0 N–H and O–H groups in total. The fourth-order valence-corrected chi connectivity index (χ4v) is 9.79. The molecule has 2 aliphatic rings. The van der Waals surface area contributed by atoms with Crippen molar-refractivity contribution in [2.75, 3.05) is 39.6 Å². The van der Waals surface area contributed by atoms with Gasteiger partial charge >= 0.3 is 39.8 Å². The first-order chi connectivity index (χ1) is 22.3. The molecule has 0 aromatic carbocycles. The van der Waals surface area contributed by atoms with Crippen molar-refractivity contribution in [1.82, 2.24) is 0 Å². The standard InChI is InChI=1S/2C9H21O3P.2C7H15Si.2CO.2Fe/c2*1-4-7-10-13(11-8-5-2)12-9-6-3;2*1-8(2)7-5-3-4-6-7;2*1-2;;/h2*4-9H2,1-3H3;2*7H,3-6H2,1-2H3;;;;. The Hall–Kier alpha value is 1.57. The molecule has 8 nitrogen and oxygen atoms in total. The Bertz CT molecular complexity index is 516. The largest absolute Gasteiger partial charge is 0 e. The van der Waals surface area contributed by atoms with Crippen LogP contribution in [0.2, 0.25) is 37.3 Å². The van der Waals surface area contributed by atoms with E-state index in [4.69, 9.17) is 36.4 Å². The molecule has 0 amide bonds. The third-order valence-electron chi connectivity index (χ3n) is 6.75. The van der Waals surface area contributed by atoms with Crippen molar-refractivity contribution in [3.63, 3.8) is 0 Å². The Morgan fingerprint density at radius 1 is 0.438 bits per heavy atom. The van der Waals surface area contributed by atoms with Crippen LogP contribution in [0, 0.1) is 13.3 Å². The van der Waals surface area contributed by atoms with Gasteiger partial charge in [-0.3, -0.25) is 0 Å². The maximum Gasteiger partial charge on any atom is 0 e. The smallest absolute Gasteiger partial charge is 0 e. The van der Waals surface area contributed by atoms with Gasteiger partial charge in [-0.25, -0.2) is 0 Å². The molecule has 48 heavy (non-hydrogen) atoms. The van der Waals surface area contributed by atoms with E-state index in [1.54, 1.807) is 25.7 Å². The van der Waals surface area contributed by atoms with E-state index in [0.717, 1.165) is 78.2 Å². The third-order valence-corrected chi connectivity index (χ3v) is 13.5. The SMILES string of the molecule is CCCOP(OCCC)OCCC.CCCOP(OCCC)OCCC.C[Si](C)C1CCCC1.C[Si](C)C1CCCC1.[C-]#[O+].[C-]#[O+].[Fe].[Fe]. The summed E-state index contributed by atoms with van der Waals surface area (Å²) < 4.78 is 47.5. The summed E-state index contributed by atoms with van der Waals surface area (Å²) in [5, 5.41) is 0. The van der Waals surface area contributed by atoms with Crippen molar-refractivity contribution in [2.45, 2.75) is 169 Å². The Balaban J connectivity index is -0.000000119. The summed E-state index contributed by atoms with van der Waals surface area (Å²) in [6.07, 6.45) is 18.3. The molecule has 2 saturated carbocycles. The van der Waals surface area contributed by atoms with E-state index in [9.17, 15) is 0 Å². The molecule has 0 heterocycles. The van der Waals surface area contributed by atoms with Crippen LogP contribution in [0.25, 0.3) is 0 Å². The minimum atomic E-state index is -1.08. The zero-order chi connectivity index (χ0) is 35.8. The summed E-state index contributed by atoms with van der Waals surface area (Å²) in [5.41, 5.74) is 2.33. The van der Waals surface area contributed by atoms with Crippen LogP contribution in [0.4, 0.5) is 0 Å². The molecular formula is C34H72Fe2O8P2Si2. The van der Waals surface area contributed by atoms with Crippen LogP contribution >= 0.6 is 17.2 Å². The second-order valence-corrected chi connectivity index (χ2v) is 20.0. The molecule has 290 valence electrons. The van der Waals surface area contributed by atoms with Gasteiger partial charge in [-0.05, 0) is 49.6 Å². The molecule has 0 unspecified atom stereocenters. The maximum atomic E-state index is 7.50. The Labute approximate surface area is 325 Å². The summed E-state index contributed by atoms with van der Waals surface area (Å²) >= 11 is 0. The van der Waals surface area contributed by atoms with Gasteiger partial charge in [0.25, 0.3) is 0 Å². The van der Waals surface area contributed by atoms with Gasteiger partial charge in [0.15, 0.2) is 0 Å². The fourth-order valence-electron chi connectivity index (χ4n) is 4.22. The number of hydrogen-bond donors (Lipinski definition) is 0. The van der Waals surface area contributed by atoms with E-state index >= 15 is 0 Å². The number of hydrogen-bond acceptors (Lipinski definition) is 6. The predicted octanol–water partition coefficient (Wildman–Crippen LogP) is 12.3. The minimum Gasteiger partial charge on any atom is 0 e. The quantitative estimate of drug-likeness (QED) is 0.0524. The fraction of sp³-hybridized carbons (Fsp3) is 0.941. The molecule has 2 fully saturated rings. The third kappa shape index (κ3) is 45.6. The van der Waals surface area contributed by atoms with Crippen LogP contribution in [0.1, 0.15) is 131 Å². The van der Waals surface area contributed by atoms with Crippen LogP contribution in [0.3, 0.4) is 0 Å². The van der Waals surface area contributed by atoms with Crippen molar-refractivity contribution < 1.29 is 70.6 Å². The van der Waals surface area contributed by atoms with Gasteiger partial charge in [-0.15, -0.1) is 0 Å². The summed E-state index contributed by atoms with van der Waals surface area (Å²) in [7, 11) is -1.98. The van der Waals surface area contributed by atoms with Crippen LogP contribution in [0.5, 0.6) is 0 Å². The second-order valence-electron chi connectivity index (χ2n) is 11.6. The van der Waals surface area contributed by atoms with Crippen LogP contribution in [0.15, 0.2) is 0 Å². The van der Waals surface area contributed by atoms with E-state index < -0.39 is 17.2 Å². The van der Waals surface area contributed by atoms with Crippen molar-refractivity contribution in [3.8, 4) is 0 Å². The molecule has 0 atom stereocenters. The zero-order valence-electron chi connectivity index (χ0n) is 32.2. The van der Waals surface area contributed by atoms with E-state index in [2.05, 4.69) is 81.0 Å². The van der Waals surface area contributed by atoms with E-state index in [1.165, 1.54) is 36.8 Å². The van der Waals surface area contributed by atoms with Gasteiger partial charge in [0, 0.05) is 51.7 Å². The molecule has 0 spiro atoms. The topological polar surface area (TPSA) is 95.2 Å². The predicted molar refractivity (Wildman–Crippen MR) is 199 cm³/mol. The van der Waals surface area contributed by atoms with Gasteiger partial charge in [-0.2, -0.15) is 0 Å². The maximum absolute atomic E-state index is 7.50. The number of rotatable bonds is 20. The summed E-state index contributed by atoms with van der Waals surface area (Å²) in [5.74, 6) is 0. The second kappa shape index (κ2) is 52.9. The summed E-state index contributed by atoms with van der Waals surface area (Å²) in [6.45, 7) is 35.6. The summed E-state index contributed by atoms with van der Waals surface area (Å²) in [4.78, 5) is 0. The van der Waals surface area contributed by atoms with E-state index in [0.29, 0.717) is 0 Å². The monoisotopic (exact) mass is 838 g/mol. The van der Waals surface area contributed by atoms with E-state index in [-0.39, 0.29) is 51.7 Å². The molecular weight excluding hydrogens is 766 g/mol. The van der Waals surface area contributed by atoms with Crippen molar-refractivity contribution in [2.24, 2.45) is 0 Å². The average molecular weight is 839 g/mol. The van der Waals surface area contributed by atoms with Crippen molar-refractivity contribution in [3.05, 3.63) is 13.3 Å². The van der Waals surface area contributed by atoms with Crippen LogP contribution in [-0.2, 0) is 70.6 Å². The summed E-state index contributed by atoms with van der Waals surface area (Å²) in [6, 6.07) is 0. The van der Waals surface area contributed by atoms with Gasteiger partial charge < -0.3 is 27.1 Å². The van der Waals surface area contributed by atoms with Gasteiger partial charge in [0.05, 0.1) is 39.6 Å². The first-order valence-electron chi connectivity index (χ1n) is 17.7. The Morgan fingerprint density at radius 3 is 0.708 bits per heavy atom. The first-order valence-corrected chi connectivity index (χ1v) is 25.0. The molecule has 0 aliphatic heterocycles. The molecule has 2 rings (SSSR count). The van der Waals surface area contributed by atoms with E-state index in [1.807, 2.05) is 0 Å². The van der Waals surface area contributed by atoms with Gasteiger partial charge in [0.1, 0.15) is 0 Å². The molecule has 0 aromatic rings.